The van der Waals surface area contributed by atoms with Crippen LogP contribution in [0.5, 0.6) is 0 Å². The molecule has 0 unspecified atom stereocenters. The van der Waals surface area contributed by atoms with E-state index >= 15 is 0 Å². The number of halogens is 1. The average molecular weight is 425 g/mol. The molecular weight excluding hydrogens is 404 g/mol. The van der Waals surface area contributed by atoms with Gasteiger partial charge in [0.05, 0.1) is 9.23 Å². The summed E-state index contributed by atoms with van der Waals surface area (Å²) in [6.07, 6.45) is 4.39. The first-order valence-corrected chi connectivity index (χ1v) is 11.3. The maximum absolute atomic E-state index is 12.7. The van der Waals surface area contributed by atoms with Crippen LogP contribution in [0.4, 0.5) is 0 Å². The van der Waals surface area contributed by atoms with Gasteiger partial charge in [-0.15, -0.1) is 11.3 Å². The van der Waals surface area contributed by atoms with Crippen LogP contribution in [0.25, 0.3) is 6.08 Å². The van der Waals surface area contributed by atoms with Crippen LogP contribution in [0.15, 0.2) is 47.4 Å². The SMILES string of the molecule is Cc1ccc(S(=O)(=O)N2CCC(NC(=O)/C=C/c3ccc(Cl)s3)CC2)cc1. The largest absolute Gasteiger partial charge is 0.350 e. The van der Waals surface area contributed by atoms with Gasteiger partial charge in [0.2, 0.25) is 15.9 Å². The van der Waals surface area contributed by atoms with Crippen molar-refractivity contribution in [1.29, 1.82) is 0 Å². The summed E-state index contributed by atoms with van der Waals surface area (Å²) in [6.45, 7) is 2.71. The normalized spacial score (nSPS) is 16.7. The Labute approximate surface area is 168 Å². The molecule has 1 aliphatic rings. The van der Waals surface area contributed by atoms with Crippen LogP contribution in [-0.2, 0) is 14.8 Å². The van der Waals surface area contributed by atoms with Gasteiger partial charge in [0.1, 0.15) is 0 Å². The number of amides is 1. The number of nitrogens with zero attached hydrogens (tertiary/aromatic N) is 1. The topological polar surface area (TPSA) is 66.5 Å². The third-order valence-corrected chi connectivity index (χ3v) is 7.56. The third-order valence-electron chi connectivity index (χ3n) is 4.45. The zero-order chi connectivity index (χ0) is 19.4. The molecule has 0 spiro atoms. The second-order valence-corrected chi connectivity index (χ2v) is 10.2. The van der Waals surface area contributed by atoms with Crippen molar-refractivity contribution in [2.45, 2.75) is 30.7 Å². The van der Waals surface area contributed by atoms with Crippen LogP contribution in [0.3, 0.4) is 0 Å². The fourth-order valence-electron chi connectivity index (χ4n) is 2.92. The Kier molecular flexibility index (Phi) is 6.37. The lowest BCUT2D eigenvalue weighted by molar-refractivity contribution is -0.117. The first-order chi connectivity index (χ1) is 12.8. The molecule has 0 atom stereocenters. The number of carbonyl (C=O) groups is 1. The molecular formula is C19H21ClN2O3S2. The van der Waals surface area contributed by atoms with Crippen molar-refractivity contribution in [2.75, 3.05) is 13.1 Å². The summed E-state index contributed by atoms with van der Waals surface area (Å²) in [5, 5.41) is 2.94. The van der Waals surface area contributed by atoms with Crippen LogP contribution in [-0.4, -0.2) is 37.8 Å². The lowest BCUT2D eigenvalue weighted by Gasteiger charge is -2.31. The molecule has 2 aromatic rings. The van der Waals surface area contributed by atoms with Crippen LogP contribution < -0.4 is 5.32 Å². The molecule has 1 aliphatic heterocycles. The second-order valence-electron chi connectivity index (χ2n) is 6.48. The van der Waals surface area contributed by atoms with Gasteiger partial charge in [-0.25, -0.2) is 8.42 Å². The molecule has 2 heterocycles. The number of nitrogens with one attached hydrogen (secondary N) is 1. The van der Waals surface area contributed by atoms with E-state index in [9.17, 15) is 13.2 Å². The van der Waals surface area contributed by atoms with Crippen molar-refractivity contribution in [1.82, 2.24) is 9.62 Å². The van der Waals surface area contributed by atoms with Gasteiger partial charge in [0.15, 0.2) is 0 Å². The quantitative estimate of drug-likeness (QED) is 0.744. The second kappa shape index (κ2) is 8.56. The predicted octanol–water partition coefficient (Wildman–Crippen LogP) is 3.69. The van der Waals surface area contributed by atoms with Crippen molar-refractivity contribution < 1.29 is 13.2 Å². The summed E-state index contributed by atoms with van der Waals surface area (Å²) in [4.78, 5) is 13.3. The van der Waals surface area contributed by atoms with E-state index < -0.39 is 10.0 Å². The van der Waals surface area contributed by atoms with Crippen LogP contribution in [0, 0.1) is 6.92 Å². The van der Waals surface area contributed by atoms with E-state index in [-0.39, 0.29) is 11.9 Å². The summed E-state index contributed by atoms with van der Waals surface area (Å²) < 4.78 is 27.6. The fourth-order valence-corrected chi connectivity index (χ4v) is 5.36. The summed E-state index contributed by atoms with van der Waals surface area (Å²) in [5.74, 6) is -0.181. The predicted molar refractivity (Wildman–Crippen MR) is 109 cm³/mol. The van der Waals surface area contributed by atoms with E-state index in [0.29, 0.717) is 35.2 Å². The maximum atomic E-state index is 12.7. The number of aryl methyl sites for hydroxylation is 1. The Balaban J connectivity index is 1.53. The summed E-state index contributed by atoms with van der Waals surface area (Å²) in [5.41, 5.74) is 1.02. The molecule has 0 aliphatic carbocycles. The molecule has 1 fully saturated rings. The standard InChI is InChI=1S/C19H21ClN2O3S2/c1-14-2-6-17(7-3-14)27(24,25)22-12-10-15(11-13-22)21-19(23)9-5-16-4-8-18(20)26-16/h2-9,15H,10-13H2,1H3,(H,21,23)/b9-5+. The number of benzene rings is 1. The van der Waals surface area contributed by atoms with E-state index in [4.69, 9.17) is 11.6 Å². The first kappa shape index (κ1) is 20.1. The molecule has 0 bridgehead atoms. The van der Waals surface area contributed by atoms with Crippen LogP contribution in [0.2, 0.25) is 4.34 Å². The zero-order valence-corrected chi connectivity index (χ0v) is 17.3. The molecule has 1 N–H and O–H groups in total. The van der Waals surface area contributed by atoms with Crippen molar-refractivity contribution in [3.63, 3.8) is 0 Å². The number of rotatable bonds is 5. The Bertz CT molecular complexity index is 928. The van der Waals surface area contributed by atoms with Crippen molar-refractivity contribution in [2.24, 2.45) is 0 Å². The summed E-state index contributed by atoms with van der Waals surface area (Å²) in [7, 11) is -3.48. The minimum Gasteiger partial charge on any atom is -0.350 e. The van der Waals surface area contributed by atoms with Crippen LogP contribution in [0.1, 0.15) is 23.3 Å². The number of hydrogen-bond donors (Lipinski definition) is 1. The van der Waals surface area contributed by atoms with Gasteiger partial charge in [0, 0.05) is 30.1 Å². The van der Waals surface area contributed by atoms with E-state index in [1.165, 1.54) is 21.7 Å². The number of hydrogen-bond acceptors (Lipinski definition) is 4. The minimum absolute atomic E-state index is 0.0291. The highest BCUT2D eigenvalue weighted by Crippen LogP contribution is 2.23. The van der Waals surface area contributed by atoms with E-state index in [0.717, 1.165) is 10.4 Å². The Morgan fingerprint density at radius 3 is 2.44 bits per heavy atom. The summed E-state index contributed by atoms with van der Waals surface area (Å²) in [6, 6.07) is 10.5. The van der Waals surface area contributed by atoms with E-state index in [2.05, 4.69) is 5.32 Å². The molecule has 0 saturated carbocycles. The van der Waals surface area contributed by atoms with Gasteiger partial charge in [-0.1, -0.05) is 29.3 Å². The van der Waals surface area contributed by atoms with Crippen molar-refractivity contribution in [3.05, 3.63) is 57.3 Å². The van der Waals surface area contributed by atoms with Gasteiger partial charge in [-0.2, -0.15) is 4.31 Å². The first-order valence-electron chi connectivity index (χ1n) is 8.65. The molecule has 1 amide bonds. The van der Waals surface area contributed by atoms with Crippen LogP contribution >= 0.6 is 22.9 Å². The maximum Gasteiger partial charge on any atom is 0.244 e. The van der Waals surface area contributed by atoms with Gasteiger partial charge in [-0.05, 0) is 50.1 Å². The van der Waals surface area contributed by atoms with Crippen molar-refractivity contribution >= 4 is 44.9 Å². The van der Waals surface area contributed by atoms with Gasteiger partial charge >= 0.3 is 0 Å². The minimum atomic E-state index is -3.48. The highest BCUT2D eigenvalue weighted by molar-refractivity contribution is 7.89. The molecule has 1 aromatic heterocycles. The molecule has 27 heavy (non-hydrogen) atoms. The molecule has 5 nitrogen and oxygen atoms in total. The van der Waals surface area contributed by atoms with Gasteiger partial charge < -0.3 is 5.32 Å². The molecule has 1 aromatic carbocycles. The summed E-state index contributed by atoms with van der Waals surface area (Å²) >= 11 is 7.27. The number of piperidine rings is 1. The van der Waals surface area contributed by atoms with Crippen molar-refractivity contribution in [3.8, 4) is 0 Å². The Hall–Kier alpha value is -1.67. The van der Waals surface area contributed by atoms with E-state index in [1.807, 2.05) is 13.0 Å². The average Bonchev–Trinajstić information content (AvgIpc) is 3.06. The molecule has 0 radical (unpaired) electrons. The fraction of sp³-hybridized carbons (Fsp3) is 0.316. The van der Waals surface area contributed by atoms with Gasteiger partial charge in [0.25, 0.3) is 0 Å². The molecule has 1 saturated heterocycles. The smallest absolute Gasteiger partial charge is 0.244 e. The lowest BCUT2D eigenvalue weighted by Crippen LogP contribution is -2.46. The highest BCUT2D eigenvalue weighted by atomic mass is 35.5. The van der Waals surface area contributed by atoms with E-state index in [1.54, 1.807) is 36.4 Å². The Morgan fingerprint density at radius 2 is 1.85 bits per heavy atom. The molecule has 144 valence electrons. The number of sulfonamides is 1. The Morgan fingerprint density at radius 1 is 1.19 bits per heavy atom. The number of thiophene rings is 1. The molecule has 8 heteroatoms. The monoisotopic (exact) mass is 424 g/mol. The zero-order valence-electron chi connectivity index (χ0n) is 14.9. The third kappa shape index (κ3) is 5.19. The molecule has 3 rings (SSSR count). The number of carbonyl (C=O) groups excluding carboxylic acids is 1. The highest BCUT2D eigenvalue weighted by Gasteiger charge is 2.29. The van der Waals surface area contributed by atoms with Gasteiger partial charge in [-0.3, -0.25) is 4.79 Å². The lowest BCUT2D eigenvalue weighted by atomic mass is 10.1.